The highest BCUT2D eigenvalue weighted by atomic mass is 16.6. The Morgan fingerprint density at radius 1 is 0.733 bits per heavy atom. The molecule has 0 radical (unpaired) electrons. The minimum Gasteiger partial charge on any atom is -0.868 e. The number of nitro groups is 2. The first kappa shape index (κ1) is 50.7. The first-order chi connectivity index (χ1) is 27.4. The zero-order valence-electron chi connectivity index (χ0n) is 35.8. The summed E-state index contributed by atoms with van der Waals surface area (Å²) in [5, 5.41) is 47.5. The molecule has 326 valence electrons. The summed E-state index contributed by atoms with van der Waals surface area (Å²) in [7, 11) is 0. The van der Waals surface area contributed by atoms with Gasteiger partial charge >= 0.3 is 12.2 Å². The fourth-order valence-corrected chi connectivity index (χ4v) is 4.58. The van der Waals surface area contributed by atoms with Gasteiger partial charge in [-0.2, -0.15) is 0 Å². The number of rotatable bonds is 5. The van der Waals surface area contributed by atoms with Gasteiger partial charge in [0.25, 0.3) is 11.4 Å². The number of aromatic nitrogens is 3. The van der Waals surface area contributed by atoms with E-state index in [1.165, 1.54) is 14.3 Å². The summed E-state index contributed by atoms with van der Waals surface area (Å²) < 4.78 is 13.1. The third kappa shape index (κ3) is 18.3. The predicted molar refractivity (Wildman–Crippen MR) is 219 cm³/mol. The molecular weight excluding hydrogens is 784 g/mol. The highest BCUT2D eigenvalue weighted by Gasteiger charge is 2.24. The van der Waals surface area contributed by atoms with Crippen LogP contribution in [0.5, 0.6) is 5.75 Å². The molecule has 4 rings (SSSR count). The molecule has 3 heterocycles. The van der Waals surface area contributed by atoms with Gasteiger partial charge in [-0.3, -0.25) is 35.8 Å². The second kappa shape index (κ2) is 21.4. The lowest BCUT2D eigenvalue weighted by molar-refractivity contribution is -0.639. The fraction of sp³-hybridized carbons (Fsp3) is 0.385. The average Bonchev–Trinajstić information content (AvgIpc) is 3.07. The molecule has 0 bridgehead atoms. The van der Waals surface area contributed by atoms with Crippen molar-refractivity contribution in [2.45, 2.75) is 99.8 Å². The van der Waals surface area contributed by atoms with Gasteiger partial charge in [0.15, 0.2) is 0 Å². The Morgan fingerprint density at radius 2 is 1.18 bits per heavy atom. The van der Waals surface area contributed by atoms with Gasteiger partial charge in [0.1, 0.15) is 17.3 Å². The van der Waals surface area contributed by atoms with E-state index >= 15 is 0 Å². The highest BCUT2D eigenvalue weighted by molar-refractivity contribution is 5.87. The lowest BCUT2D eigenvalue weighted by Crippen LogP contribution is -2.52. The number of ether oxygens (including phenoxy) is 2. The van der Waals surface area contributed by atoms with Crippen molar-refractivity contribution in [3.63, 3.8) is 0 Å². The minimum absolute atomic E-state index is 0.466. The van der Waals surface area contributed by atoms with Crippen LogP contribution in [0, 0.1) is 41.0 Å². The van der Waals surface area contributed by atoms with Crippen LogP contribution < -0.4 is 46.8 Å². The average molecular weight is 839 g/mol. The van der Waals surface area contributed by atoms with Gasteiger partial charge in [-0.15, -0.1) is 0 Å². The number of anilines is 3. The molecule has 0 aliphatic heterocycles. The maximum absolute atomic E-state index is 11.5. The molecule has 0 fully saturated rings. The molecule has 0 unspecified atom stereocenters. The van der Waals surface area contributed by atoms with Crippen LogP contribution in [0.25, 0.3) is 0 Å². The van der Waals surface area contributed by atoms with Crippen molar-refractivity contribution in [1.82, 2.24) is 4.98 Å². The van der Waals surface area contributed by atoms with Crippen molar-refractivity contribution in [1.29, 1.82) is 0 Å². The van der Waals surface area contributed by atoms with Gasteiger partial charge in [-0.05, 0) is 100 Å². The number of nitro benzene ring substituents is 2. The number of carbonyl (C=O) groups excluding carboxylic acids is 3. The number of benzene rings is 1. The Balaban J connectivity index is 0.000000401. The van der Waals surface area contributed by atoms with E-state index in [2.05, 4.69) is 15.6 Å². The molecule has 0 saturated heterocycles. The molecule has 1 aromatic carbocycles. The maximum atomic E-state index is 11.5. The Hall–Kier alpha value is -7.32. The van der Waals surface area contributed by atoms with Crippen LogP contribution in [0.2, 0.25) is 0 Å². The molecule has 0 aliphatic carbocycles. The number of carbonyl (C=O) groups is 3. The molecule has 0 spiro atoms. The van der Waals surface area contributed by atoms with Crippen molar-refractivity contribution in [3.05, 3.63) is 110 Å². The second-order valence-electron chi connectivity index (χ2n) is 15.8. The van der Waals surface area contributed by atoms with Crippen molar-refractivity contribution in [3.8, 4) is 5.75 Å². The van der Waals surface area contributed by atoms with Gasteiger partial charge < -0.3 is 29.4 Å². The lowest BCUT2D eigenvalue weighted by Gasteiger charge is -2.38. The number of carboxylic acid groups (broad SMARTS) is 1. The van der Waals surface area contributed by atoms with Crippen LogP contribution in [0.1, 0.15) is 79.0 Å². The lowest BCUT2D eigenvalue weighted by atomic mass is 10.0. The maximum Gasteiger partial charge on any atom is 0.412 e. The van der Waals surface area contributed by atoms with E-state index in [9.17, 15) is 44.8 Å². The topological polar surface area (TPSA) is 302 Å². The Labute approximate surface area is 347 Å². The summed E-state index contributed by atoms with van der Waals surface area (Å²) in [6, 6.07) is 7.49. The number of nitrogens with one attached hydrogen (secondary N) is 2. The number of amides is 3. The fourth-order valence-electron chi connectivity index (χ4n) is 4.58. The Bertz CT molecular complexity index is 2070. The number of aryl methyl sites for hydroxylation is 3. The number of pyridine rings is 3. The molecule has 6 N–H and O–H groups in total. The molecule has 3 aromatic heterocycles. The second-order valence-corrected chi connectivity index (χ2v) is 15.8. The van der Waals surface area contributed by atoms with Gasteiger partial charge in [0.05, 0.1) is 27.3 Å². The summed E-state index contributed by atoms with van der Waals surface area (Å²) in [6.45, 7) is 21.9. The quantitative estimate of drug-likeness (QED) is 0.0924. The monoisotopic (exact) mass is 838 g/mol. The largest absolute Gasteiger partial charge is 0.868 e. The SMILES string of the molecule is Cc1c[n+](N)ccc1NC(=O)OC(C)(C)C.Cc1c[n+](N)ccc1NC(=O)OC(C)(C)C.Cc1cnccc1N(C(=O)[O-])C(C)(C)C.O=[N+]([O-])c1ccc([O-])c([N+](=O)[O-])c1. The molecule has 21 heteroatoms. The van der Waals surface area contributed by atoms with Gasteiger partial charge in [-0.25, -0.2) is 21.3 Å². The molecule has 0 saturated carbocycles. The molecule has 0 atom stereocenters. The number of nitrogens with zero attached hydrogens (tertiary/aromatic N) is 6. The number of nitrogen functional groups attached to an aromatic ring is 2. The van der Waals surface area contributed by atoms with Crippen LogP contribution >= 0.6 is 0 Å². The van der Waals surface area contributed by atoms with E-state index in [1.54, 1.807) is 55.4 Å². The van der Waals surface area contributed by atoms with Crippen LogP contribution in [-0.2, 0) is 9.47 Å². The Kier molecular flexibility index (Phi) is 18.1. The summed E-state index contributed by atoms with van der Waals surface area (Å²) in [5.74, 6) is 10.2. The Morgan fingerprint density at radius 3 is 1.52 bits per heavy atom. The van der Waals surface area contributed by atoms with Gasteiger partial charge in [0.2, 0.25) is 24.8 Å². The third-order valence-electron chi connectivity index (χ3n) is 7.07. The van der Waals surface area contributed by atoms with E-state index in [0.29, 0.717) is 23.1 Å². The summed E-state index contributed by atoms with van der Waals surface area (Å²) in [5.41, 5.74) is 1.79. The normalized spacial score (nSPS) is 10.7. The van der Waals surface area contributed by atoms with Crippen LogP contribution in [0.15, 0.2) is 73.6 Å². The number of non-ortho nitro benzene ring substituents is 1. The molecule has 3 amide bonds. The highest BCUT2D eigenvalue weighted by Crippen LogP contribution is 2.28. The van der Waals surface area contributed by atoms with E-state index in [-0.39, 0.29) is 0 Å². The standard InChI is InChI=1S/2C11H17N3O2.C11H16N2O2.C6H4N2O5/c2*1-8-7-14(12)6-5-9(8)13-10(15)16-11(2,3)4;1-8-7-12-6-5-9(8)13(10(14)15)11(2,3)4;9-6-2-1-4(7(10)11)3-5(6)8(12)13/h2*5-7H,12H2,1-4H3;5-7H,1-4H3,(H,14,15);1-3,9H. The zero-order valence-corrected chi connectivity index (χ0v) is 35.8. The van der Waals surface area contributed by atoms with Gasteiger partial charge in [0, 0.05) is 52.9 Å². The predicted octanol–water partition coefficient (Wildman–Crippen LogP) is 4.60. The smallest absolute Gasteiger partial charge is 0.412 e. The molecule has 60 heavy (non-hydrogen) atoms. The van der Waals surface area contributed by atoms with E-state index < -0.39 is 62.0 Å². The first-order valence-electron chi connectivity index (χ1n) is 18.0. The third-order valence-corrected chi connectivity index (χ3v) is 7.07. The van der Waals surface area contributed by atoms with Gasteiger partial charge in [-0.1, -0.05) is 15.4 Å². The molecule has 21 nitrogen and oxygen atoms in total. The summed E-state index contributed by atoms with van der Waals surface area (Å²) in [6.07, 6.45) is 7.81. The van der Waals surface area contributed by atoms with Crippen molar-refractivity contribution in [2.24, 2.45) is 0 Å². The minimum atomic E-state index is -1.20. The van der Waals surface area contributed by atoms with Crippen molar-refractivity contribution < 1.29 is 53.3 Å². The summed E-state index contributed by atoms with van der Waals surface area (Å²) in [4.78, 5) is 57.8. The van der Waals surface area contributed by atoms with E-state index in [4.69, 9.17) is 21.2 Å². The number of hydrogen-bond acceptors (Lipinski definition) is 14. The number of hydrogen-bond donors (Lipinski definition) is 4. The number of nitrogens with two attached hydrogens (primary N) is 2. The van der Waals surface area contributed by atoms with Crippen molar-refractivity contribution >= 4 is 46.7 Å². The van der Waals surface area contributed by atoms with Crippen LogP contribution in [-0.4, -0.2) is 49.9 Å². The van der Waals surface area contributed by atoms with E-state index in [1.807, 2.05) is 83.1 Å². The molecular formula is C39H54N10O11. The molecule has 4 aromatic rings. The van der Waals surface area contributed by atoms with E-state index in [0.717, 1.165) is 28.8 Å². The van der Waals surface area contributed by atoms with Crippen molar-refractivity contribution in [2.75, 3.05) is 27.2 Å². The summed E-state index contributed by atoms with van der Waals surface area (Å²) >= 11 is 0. The van der Waals surface area contributed by atoms with Crippen LogP contribution in [0.4, 0.5) is 42.8 Å². The van der Waals surface area contributed by atoms with Crippen LogP contribution in [0.3, 0.4) is 0 Å². The zero-order chi connectivity index (χ0) is 46.3. The molecule has 0 aliphatic rings. The first-order valence-corrected chi connectivity index (χ1v) is 18.0.